The molecule has 0 saturated carbocycles. The molecular weight excluding hydrogens is 424 g/mol. The van der Waals surface area contributed by atoms with Gasteiger partial charge < -0.3 is 9.30 Å². The molecule has 7 nitrogen and oxygen atoms in total. The first-order valence-electron chi connectivity index (χ1n) is 10.2. The molecule has 0 amide bonds. The summed E-state index contributed by atoms with van der Waals surface area (Å²) in [6.45, 7) is 3.43. The van der Waals surface area contributed by atoms with Crippen LogP contribution in [0.3, 0.4) is 0 Å². The SMILES string of the molecule is CCOC(=O)c1c(N=c2scc(-c3ccccc3)n2-c2ccccc2)ncn1CC(C)=O. The lowest BCUT2D eigenvalue weighted by atomic mass is 10.1. The molecular formula is C24H22N4O3S. The molecule has 0 spiro atoms. The molecule has 0 N–H and O–H groups in total. The van der Waals surface area contributed by atoms with E-state index < -0.39 is 5.97 Å². The van der Waals surface area contributed by atoms with Crippen molar-refractivity contribution >= 4 is 28.9 Å². The van der Waals surface area contributed by atoms with Gasteiger partial charge in [0.15, 0.2) is 16.3 Å². The number of thiazole rings is 1. The van der Waals surface area contributed by atoms with E-state index in [0.717, 1.165) is 16.9 Å². The minimum absolute atomic E-state index is 0.0229. The maximum Gasteiger partial charge on any atom is 0.358 e. The lowest BCUT2D eigenvalue weighted by molar-refractivity contribution is -0.117. The zero-order chi connectivity index (χ0) is 22.5. The molecule has 32 heavy (non-hydrogen) atoms. The van der Waals surface area contributed by atoms with E-state index in [-0.39, 0.29) is 30.4 Å². The van der Waals surface area contributed by atoms with Crippen LogP contribution in [0.4, 0.5) is 5.82 Å². The number of esters is 1. The molecule has 0 aliphatic rings. The molecule has 0 fully saturated rings. The van der Waals surface area contributed by atoms with Crippen LogP contribution in [-0.4, -0.2) is 32.5 Å². The molecule has 0 aliphatic carbocycles. The van der Waals surface area contributed by atoms with Crippen molar-refractivity contribution in [1.29, 1.82) is 0 Å². The quantitative estimate of drug-likeness (QED) is 0.394. The van der Waals surface area contributed by atoms with E-state index in [2.05, 4.69) is 4.98 Å². The molecule has 0 bridgehead atoms. The minimum atomic E-state index is -0.559. The fourth-order valence-corrected chi connectivity index (χ4v) is 4.24. The summed E-state index contributed by atoms with van der Waals surface area (Å²) >= 11 is 1.45. The summed E-state index contributed by atoms with van der Waals surface area (Å²) in [5, 5.41) is 2.03. The zero-order valence-corrected chi connectivity index (χ0v) is 18.6. The summed E-state index contributed by atoms with van der Waals surface area (Å²) in [4.78, 5) is 34.0. The van der Waals surface area contributed by atoms with Crippen LogP contribution >= 0.6 is 11.3 Å². The van der Waals surface area contributed by atoms with Crippen molar-refractivity contribution in [1.82, 2.24) is 14.1 Å². The van der Waals surface area contributed by atoms with Crippen molar-refractivity contribution in [3.63, 3.8) is 0 Å². The third-order valence-corrected chi connectivity index (χ3v) is 5.50. The summed E-state index contributed by atoms with van der Waals surface area (Å²) in [5.74, 6) is -0.437. The van der Waals surface area contributed by atoms with Crippen molar-refractivity contribution < 1.29 is 14.3 Å². The van der Waals surface area contributed by atoms with Crippen molar-refractivity contribution in [2.45, 2.75) is 20.4 Å². The fraction of sp³-hybridized carbons (Fsp3) is 0.167. The molecule has 162 valence electrons. The number of carbonyl (C=O) groups is 2. The van der Waals surface area contributed by atoms with Crippen LogP contribution in [0.2, 0.25) is 0 Å². The third-order valence-electron chi connectivity index (χ3n) is 4.67. The van der Waals surface area contributed by atoms with Gasteiger partial charge in [-0.15, -0.1) is 11.3 Å². The van der Waals surface area contributed by atoms with Crippen molar-refractivity contribution in [2.75, 3.05) is 6.61 Å². The molecule has 4 aromatic rings. The van der Waals surface area contributed by atoms with Crippen LogP contribution in [0.25, 0.3) is 16.9 Å². The van der Waals surface area contributed by atoms with Gasteiger partial charge in [-0.2, -0.15) is 4.99 Å². The lowest BCUT2D eigenvalue weighted by Gasteiger charge is -2.09. The summed E-state index contributed by atoms with van der Waals surface area (Å²) in [5.41, 5.74) is 3.12. The number of aromatic nitrogens is 3. The lowest BCUT2D eigenvalue weighted by Crippen LogP contribution is -2.16. The van der Waals surface area contributed by atoms with Crippen LogP contribution in [0, 0.1) is 0 Å². The van der Waals surface area contributed by atoms with Crippen LogP contribution in [0.15, 0.2) is 77.4 Å². The molecule has 4 rings (SSSR count). The number of rotatable bonds is 7. The second-order valence-corrected chi connectivity index (χ2v) is 7.86. The van der Waals surface area contributed by atoms with Crippen molar-refractivity contribution in [2.24, 2.45) is 4.99 Å². The van der Waals surface area contributed by atoms with Crippen LogP contribution in [0.5, 0.6) is 0 Å². The third kappa shape index (κ3) is 4.45. The second kappa shape index (κ2) is 9.57. The van der Waals surface area contributed by atoms with Crippen molar-refractivity contribution in [3.05, 3.63) is 82.9 Å². The monoisotopic (exact) mass is 446 g/mol. The highest BCUT2D eigenvalue weighted by Crippen LogP contribution is 2.24. The highest BCUT2D eigenvalue weighted by atomic mass is 32.1. The van der Waals surface area contributed by atoms with Crippen molar-refractivity contribution in [3.8, 4) is 16.9 Å². The van der Waals surface area contributed by atoms with Gasteiger partial charge in [-0.3, -0.25) is 9.36 Å². The van der Waals surface area contributed by atoms with Crippen LogP contribution in [-0.2, 0) is 16.1 Å². The number of hydrogen-bond acceptors (Lipinski definition) is 6. The molecule has 0 radical (unpaired) electrons. The molecule has 2 heterocycles. The Morgan fingerprint density at radius 3 is 2.41 bits per heavy atom. The molecule has 2 aromatic heterocycles. The van der Waals surface area contributed by atoms with Gasteiger partial charge in [-0.05, 0) is 31.5 Å². The zero-order valence-electron chi connectivity index (χ0n) is 17.8. The van der Waals surface area contributed by atoms with Gasteiger partial charge >= 0.3 is 5.97 Å². The minimum Gasteiger partial charge on any atom is -0.461 e. The Bertz CT molecular complexity index is 1300. The largest absolute Gasteiger partial charge is 0.461 e. The molecule has 8 heteroatoms. The summed E-state index contributed by atoms with van der Waals surface area (Å²) < 4.78 is 8.71. The van der Waals surface area contributed by atoms with Gasteiger partial charge in [0, 0.05) is 11.1 Å². The maximum atomic E-state index is 12.6. The number of ether oxygens (including phenoxy) is 1. The highest BCUT2D eigenvalue weighted by Gasteiger charge is 2.21. The number of imidazole rings is 1. The standard InChI is InChI=1S/C24H22N4O3S/c1-3-31-23(30)21-22(25-16-27(21)14-17(2)29)26-24-28(19-12-8-5-9-13-19)20(15-32-24)18-10-6-4-7-11-18/h4-13,15-16H,3,14H2,1-2H3. The van der Waals surface area contributed by atoms with E-state index in [4.69, 9.17) is 9.73 Å². The van der Waals surface area contributed by atoms with Gasteiger partial charge in [0.2, 0.25) is 0 Å². The molecule has 2 aromatic carbocycles. The normalized spacial score (nSPS) is 11.5. The fourth-order valence-electron chi connectivity index (χ4n) is 3.34. The van der Waals surface area contributed by atoms with Gasteiger partial charge in [-0.25, -0.2) is 9.78 Å². The van der Waals surface area contributed by atoms with Crippen LogP contribution in [0.1, 0.15) is 24.3 Å². The predicted molar refractivity (Wildman–Crippen MR) is 123 cm³/mol. The second-order valence-electron chi connectivity index (χ2n) is 7.02. The first kappa shape index (κ1) is 21.5. The Balaban J connectivity index is 1.92. The number of hydrogen-bond donors (Lipinski definition) is 0. The van der Waals surface area contributed by atoms with E-state index in [1.807, 2.05) is 70.6 Å². The Labute approximate surface area is 189 Å². The van der Waals surface area contributed by atoms with E-state index >= 15 is 0 Å². The average Bonchev–Trinajstić information content (AvgIpc) is 3.39. The number of benzene rings is 2. The smallest absolute Gasteiger partial charge is 0.358 e. The number of nitrogens with zero attached hydrogens (tertiary/aromatic N) is 4. The van der Waals surface area contributed by atoms with E-state index in [1.54, 1.807) is 6.92 Å². The first-order valence-corrected chi connectivity index (χ1v) is 11.0. The summed E-state index contributed by atoms with van der Waals surface area (Å²) in [6.07, 6.45) is 1.45. The Morgan fingerprint density at radius 1 is 1.06 bits per heavy atom. The number of ketones is 1. The van der Waals surface area contributed by atoms with Gasteiger partial charge in [0.25, 0.3) is 0 Å². The maximum absolute atomic E-state index is 12.6. The van der Waals surface area contributed by atoms with Gasteiger partial charge in [-0.1, -0.05) is 48.5 Å². The van der Waals surface area contributed by atoms with E-state index in [0.29, 0.717) is 4.80 Å². The number of para-hydroxylation sites is 1. The van der Waals surface area contributed by atoms with E-state index in [9.17, 15) is 9.59 Å². The average molecular weight is 447 g/mol. The Morgan fingerprint density at radius 2 is 1.75 bits per heavy atom. The molecule has 0 saturated heterocycles. The first-order chi connectivity index (χ1) is 15.6. The van der Waals surface area contributed by atoms with Crippen LogP contribution < -0.4 is 4.80 Å². The molecule has 0 atom stereocenters. The highest BCUT2D eigenvalue weighted by molar-refractivity contribution is 7.07. The summed E-state index contributed by atoms with van der Waals surface area (Å²) in [6, 6.07) is 19.9. The molecule has 0 unspecified atom stereocenters. The summed E-state index contributed by atoms with van der Waals surface area (Å²) in [7, 11) is 0. The predicted octanol–water partition coefficient (Wildman–Crippen LogP) is 4.40. The Hall–Kier alpha value is -3.78. The topological polar surface area (TPSA) is 78.5 Å². The Kier molecular flexibility index (Phi) is 6.42. The molecule has 0 aliphatic heterocycles. The van der Waals surface area contributed by atoms with Gasteiger partial charge in [0.05, 0.1) is 25.2 Å². The number of carbonyl (C=O) groups excluding carboxylic acids is 2. The van der Waals surface area contributed by atoms with E-state index in [1.165, 1.54) is 29.2 Å². The van der Waals surface area contributed by atoms with Gasteiger partial charge in [0.1, 0.15) is 5.78 Å². The number of Topliss-reactive ketones (excluding diaryl/α,β-unsaturated/α-hetero) is 1.